The first-order valence-corrected chi connectivity index (χ1v) is 8.13. The van der Waals surface area contributed by atoms with Crippen LogP contribution in [-0.2, 0) is 19.4 Å². The third-order valence-electron chi connectivity index (χ3n) is 3.18. The Bertz CT molecular complexity index is 580. The molecule has 1 saturated heterocycles. The molecule has 110 valence electrons. The maximum atomic E-state index is 12.1. The number of rotatable bonds is 4. The van der Waals surface area contributed by atoms with E-state index in [-0.39, 0.29) is 0 Å². The van der Waals surface area contributed by atoms with Gasteiger partial charge in [-0.3, -0.25) is 4.79 Å². The summed E-state index contributed by atoms with van der Waals surface area (Å²) in [7, 11) is -3.44. The molecule has 2 rings (SSSR count). The molecule has 1 amide bonds. The van der Waals surface area contributed by atoms with E-state index in [9.17, 15) is 13.2 Å². The topological polar surface area (TPSA) is 98.5 Å². The van der Waals surface area contributed by atoms with Crippen LogP contribution >= 0.6 is 0 Å². The molecule has 1 heterocycles. The summed E-state index contributed by atoms with van der Waals surface area (Å²) in [5.41, 5.74) is 6.60. The monoisotopic (exact) mass is 298 g/mol. The molecule has 1 aliphatic heterocycles. The largest absolute Gasteiger partial charge is 0.399 e. The molecule has 0 unspecified atom stereocenters. The lowest BCUT2D eigenvalue weighted by Crippen LogP contribution is -2.34. The fourth-order valence-corrected chi connectivity index (χ4v) is 3.73. The first-order valence-electron chi connectivity index (χ1n) is 6.42. The number of anilines is 2. The first kappa shape index (κ1) is 14.8. The number of carbonyl (C=O) groups excluding carboxylic acids is 1. The van der Waals surface area contributed by atoms with Crippen molar-refractivity contribution in [1.82, 2.24) is 0 Å². The zero-order valence-electron chi connectivity index (χ0n) is 11.0. The van der Waals surface area contributed by atoms with Gasteiger partial charge in [0.1, 0.15) is 5.75 Å². The van der Waals surface area contributed by atoms with E-state index in [1.54, 1.807) is 24.3 Å². The normalized spacial score (nSPS) is 16.8. The summed E-state index contributed by atoms with van der Waals surface area (Å²) in [4.78, 5) is 11.8. The molecular weight excluding hydrogens is 280 g/mol. The maximum absolute atomic E-state index is 12.1. The van der Waals surface area contributed by atoms with Gasteiger partial charge in [-0.15, -0.1) is 0 Å². The lowest BCUT2D eigenvalue weighted by atomic mass is 10.2. The van der Waals surface area contributed by atoms with Crippen LogP contribution in [0, 0.1) is 0 Å². The number of ether oxygens (including phenoxy) is 1. The molecule has 0 aromatic heterocycles. The Balaban J connectivity index is 1.96. The standard InChI is InChI=1S/C13H18N2O4S/c14-10-2-1-3-11(8-10)15-13(16)9-20(17,18)12-4-6-19-7-5-12/h1-3,8,12H,4-7,9,14H2,(H,15,16). The van der Waals surface area contributed by atoms with E-state index in [4.69, 9.17) is 10.5 Å². The van der Waals surface area contributed by atoms with Gasteiger partial charge in [0, 0.05) is 24.6 Å². The van der Waals surface area contributed by atoms with Crippen LogP contribution in [0.15, 0.2) is 24.3 Å². The average Bonchev–Trinajstić information content (AvgIpc) is 2.39. The van der Waals surface area contributed by atoms with Crippen LogP contribution in [0.25, 0.3) is 0 Å². The summed E-state index contributed by atoms with van der Waals surface area (Å²) >= 11 is 0. The van der Waals surface area contributed by atoms with Crippen molar-refractivity contribution in [3.05, 3.63) is 24.3 Å². The van der Waals surface area contributed by atoms with Crippen molar-refractivity contribution in [3.63, 3.8) is 0 Å². The van der Waals surface area contributed by atoms with Gasteiger partial charge in [-0.25, -0.2) is 8.42 Å². The fourth-order valence-electron chi connectivity index (χ4n) is 2.15. The second-order valence-electron chi connectivity index (χ2n) is 4.79. The fraction of sp³-hybridized carbons (Fsp3) is 0.462. The predicted molar refractivity (Wildman–Crippen MR) is 77.1 cm³/mol. The van der Waals surface area contributed by atoms with E-state index in [1.165, 1.54) is 0 Å². The molecule has 1 aromatic rings. The molecule has 0 bridgehead atoms. The van der Waals surface area contributed by atoms with Gasteiger partial charge in [0.05, 0.1) is 5.25 Å². The minimum absolute atomic E-state index is 0.431. The Morgan fingerprint density at radius 3 is 2.70 bits per heavy atom. The van der Waals surface area contributed by atoms with Crippen LogP contribution in [0.2, 0.25) is 0 Å². The van der Waals surface area contributed by atoms with E-state index >= 15 is 0 Å². The molecule has 0 spiro atoms. The van der Waals surface area contributed by atoms with Gasteiger partial charge >= 0.3 is 0 Å². The van der Waals surface area contributed by atoms with Crippen molar-refractivity contribution in [2.75, 3.05) is 30.0 Å². The van der Waals surface area contributed by atoms with Crippen LogP contribution in [0.3, 0.4) is 0 Å². The molecule has 1 aromatic carbocycles. The number of hydrogen-bond acceptors (Lipinski definition) is 5. The number of hydrogen-bond donors (Lipinski definition) is 2. The SMILES string of the molecule is Nc1cccc(NC(=O)CS(=O)(=O)C2CCOCC2)c1. The van der Waals surface area contributed by atoms with Gasteiger partial charge in [0.2, 0.25) is 5.91 Å². The zero-order chi connectivity index (χ0) is 14.6. The summed E-state index contributed by atoms with van der Waals surface area (Å²) in [5.74, 6) is -1.05. The third-order valence-corrected chi connectivity index (χ3v) is 5.33. The summed E-state index contributed by atoms with van der Waals surface area (Å²) in [6.45, 7) is 0.863. The van der Waals surface area contributed by atoms with Crippen molar-refractivity contribution >= 4 is 27.1 Å². The minimum atomic E-state index is -3.44. The summed E-state index contributed by atoms with van der Waals surface area (Å²) in [6, 6.07) is 6.63. The highest BCUT2D eigenvalue weighted by Gasteiger charge is 2.29. The van der Waals surface area contributed by atoms with Crippen molar-refractivity contribution in [2.24, 2.45) is 0 Å². The van der Waals surface area contributed by atoms with E-state index < -0.39 is 26.7 Å². The highest BCUT2D eigenvalue weighted by molar-refractivity contribution is 7.92. The minimum Gasteiger partial charge on any atom is -0.399 e. The van der Waals surface area contributed by atoms with Crippen LogP contribution in [0.1, 0.15) is 12.8 Å². The molecule has 1 aliphatic rings. The van der Waals surface area contributed by atoms with Gasteiger partial charge in [-0.2, -0.15) is 0 Å². The summed E-state index contributed by atoms with van der Waals surface area (Å²) in [5, 5.41) is 2.07. The van der Waals surface area contributed by atoms with Gasteiger partial charge in [0.25, 0.3) is 0 Å². The van der Waals surface area contributed by atoms with E-state index in [0.29, 0.717) is 37.4 Å². The van der Waals surface area contributed by atoms with Crippen LogP contribution in [0.5, 0.6) is 0 Å². The number of sulfone groups is 1. The van der Waals surface area contributed by atoms with E-state index in [0.717, 1.165) is 0 Å². The van der Waals surface area contributed by atoms with Crippen LogP contribution in [-0.4, -0.2) is 38.5 Å². The number of nitrogens with two attached hydrogens (primary N) is 1. The quantitative estimate of drug-likeness (QED) is 0.801. The maximum Gasteiger partial charge on any atom is 0.239 e. The van der Waals surface area contributed by atoms with Crippen LogP contribution in [0.4, 0.5) is 11.4 Å². The smallest absolute Gasteiger partial charge is 0.239 e. The van der Waals surface area contributed by atoms with Crippen molar-refractivity contribution < 1.29 is 17.9 Å². The number of carbonyl (C=O) groups is 1. The van der Waals surface area contributed by atoms with Gasteiger partial charge in [0.15, 0.2) is 9.84 Å². The molecule has 3 N–H and O–H groups in total. The lowest BCUT2D eigenvalue weighted by molar-refractivity contribution is -0.113. The van der Waals surface area contributed by atoms with Crippen molar-refractivity contribution in [3.8, 4) is 0 Å². The predicted octanol–water partition coefficient (Wildman–Crippen LogP) is 0.801. The Morgan fingerprint density at radius 1 is 1.35 bits per heavy atom. The lowest BCUT2D eigenvalue weighted by Gasteiger charge is -2.21. The average molecular weight is 298 g/mol. The molecular formula is C13H18N2O4S. The van der Waals surface area contributed by atoms with Gasteiger partial charge in [-0.1, -0.05) is 6.07 Å². The number of nitrogens with one attached hydrogen (secondary N) is 1. The number of benzene rings is 1. The zero-order valence-corrected chi connectivity index (χ0v) is 11.9. The molecule has 0 saturated carbocycles. The van der Waals surface area contributed by atoms with Gasteiger partial charge in [-0.05, 0) is 31.0 Å². The number of nitrogen functional groups attached to an aromatic ring is 1. The molecule has 0 atom stereocenters. The Morgan fingerprint density at radius 2 is 2.05 bits per heavy atom. The molecule has 0 aliphatic carbocycles. The van der Waals surface area contributed by atoms with E-state index in [1.807, 2.05) is 0 Å². The molecule has 1 fully saturated rings. The highest BCUT2D eigenvalue weighted by atomic mass is 32.2. The molecule has 7 heteroatoms. The van der Waals surface area contributed by atoms with Crippen LogP contribution < -0.4 is 11.1 Å². The number of amides is 1. The van der Waals surface area contributed by atoms with Gasteiger partial charge < -0.3 is 15.8 Å². The summed E-state index contributed by atoms with van der Waals surface area (Å²) < 4.78 is 29.4. The second kappa shape index (κ2) is 6.23. The Labute approximate surface area is 118 Å². The second-order valence-corrected chi connectivity index (χ2v) is 7.07. The molecule has 0 radical (unpaired) electrons. The Hall–Kier alpha value is -1.60. The third kappa shape index (κ3) is 3.94. The van der Waals surface area contributed by atoms with E-state index in [2.05, 4.69) is 5.32 Å². The Kier molecular flexibility index (Phi) is 4.61. The van der Waals surface area contributed by atoms with Crippen molar-refractivity contribution in [1.29, 1.82) is 0 Å². The highest BCUT2D eigenvalue weighted by Crippen LogP contribution is 2.17. The van der Waals surface area contributed by atoms with Crippen molar-refractivity contribution in [2.45, 2.75) is 18.1 Å². The first-order chi connectivity index (χ1) is 9.47. The molecule has 6 nitrogen and oxygen atoms in total. The molecule has 20 heavy (non-hydrogen) atoms. The summed E-state index contributed by atoms with van der Waals surface area (Å²) in [6.07, 6.45) is 0.905.